The monoisotopic (exact) mass is 175 g/mol. The molecule has 0 spiro atoms. The molecule has 0 radical (unpaired) electrons. The first-order chi connectivity index (χ1) is 6.24. The lowest BCUT2D eigenvalue weighted by atomic mass is 10.1. The molecule has 0 saturated heterocycles. The van der Waals surface area contributed by atoms with Crippen molar-refractivity contribution in [2.45, 2.75) is 6.92 Å². The van der Waals surface area contributed by atoms with Gasteiger partial charge >= 0.3 is 0 Å². The van der Waals surface area contributed by atoms with Crippen LogP contribution < -0.4 is 0 Å². The summed E-state index contributed by atoms with van der Waals surface area (Å²) in [5, 5.41) is 10.2. The van der Waals surface area contributed by atoms with E-state index in [4.69, 9.17) is 0 Å². The van der Waals surface area contributed by atoms with Crippen LogP contribution in [0.25, 0.3) is 10.9 Å². The maximum Gasteiger partial charge on any atom is 0.200 e. The van der Waals surface area contributed by atoms with Crippen LogP contribution >= 0.6 is 0 Å². The highest BCUT2D eigenvalue weighted by Crippen LogP contribution is 2.27. The van der Waals surface area contributed by atoms with Gasteiger partial charge in [0.15, 0.2) is 12.2 Å². The molecular weight excluding hydrogens is 166 g/mol. The van der Waals surface area contributed by atoms with Gasteiger partial charge < -0.3 is 10.1 Å². The SMILES string of the molecule is Cc1cccc2[nH]c(O)c(C=O)c12. The van der Waals surface area contributed by atoms with Crippen LogP contribution in [0.3, 0.4) is 0 Å². The van der Waals surface area contributed by atoms with Gasteiger partial charge in [0, 0.05) is 10.9 Å². The number of aromatic hydroxyl groups is 1. The average Bonchev–Trinajstić information content (AvgIpc) is 2.42. The molecule has 0 bridgehead atoms. The van der Waals surface area contributed by atoms with E-state index < -0.39 is 0 Å². The second-order valence-electron chi connectivity index (χ2n) is 3.00. The van der Waals surface area contributed by atoms with E-state index in [9.17, 15) is 9.90 Å². The molecule has 1 aromatic heterocycles. The second kappa shape index (κ2) is 2.62. The Morgan fingerprint density at radius 3 is 2.92 bits per heavy atom. The maximum atomic E-state index is 10.7. The van der Waals surface area contributed by atoms with Crippen molar-refractivity contribution in [3.8, 4) is 5.88 Å². The quantitative estimate of drug-likeness (QED) is 0.651. The van der Waals surface area contributed by atoms with Crippen molar-refractivity contribution in [1.82, 2.24) is 4.98 Å². The first-order valence-electron chi connectivity index (χ1n) is 3.99. The fourth-order valence-electron chi connectivity index (χ4n) is 1.56. The molecule has 0 saturated carbocycles. The lowest BCUT2D eigenvalue weighted by molar-refractivity contribution is 0.112. The number of carbonyl (C=O) groups excluding carboxylic acids is 1. The van der Waals surface area contributed by atoms with E-state index in [1.54, 1.807) is 0 Å². The van der Waals surface area contributed by atoms with Gasteiger partial charge in [-0.2, -0.15) is 0 Å². The largest absolute Gasteiger partial charge is 0.494 e. The highest BCUT2D eigenvalue weighted by molar-refractivity contribution is 6.01. The zero-order valence-corrected chi connectivity index (χ0v) is 7.16. The number of aryl methyl sites for hydroxylation is 1. The highest BCUT2D eigenvalue weighted by Gasteiger charge is 2.10. The maximum absolute atomic E-state index is 10.7. The first-order valence-corrected chi connectivity index (χ1v) is 3.99. The van der Waals surface area contributed by atoms with Crippen molar-refractivity contribution in [2.24, 2.45) is 0 Å². The second-order valence-corrected chi connectivity index (χ2v) is 3.00. The third kappa shape index (κ3) is 1.01. The fraction of sp³-hybridized carbons (Fsp3) is 0.100. The number of aldehydes is 1. The molecule has 0 fully saturated rings. The summed E-state index contributed by atoms with van der Waals surface area (Å²) in [5.74, 6) is -0.0562. The Morgan fingerprint density at radius 1 is 1.46 bits per heavy atom. The summed E-state index contributed by atoms with van der Waals surface area (Å²) in [4.78, 5) is 13.4. The number of nitrogens with one attached hydrogen (secondary N) is 1. The third-order valence-corrected chi connectivity index (χ3v) is 2.17. The molecule has 0 unspecified atom stereocenters. The molecule has 1 aromatic carbocycles. The number of rotatable bonds is 1. The Morgan fingerprint density at radius 2 is 2.23 bits per heavy atom. The molecule has 0 aliphatic heterocycles. The highest BCUT2D eigenvalue weighted by atomic mass is 16.3. The Labute approximate surface area is 75.0 Å². The number of H-pyrrole nitrogens is 1. The zero-order valence-electron chi connectivity index (χ0n) is 7.16. The summed E-state index contributed by atoms with van der Waals surface area (Å²) < 4.78 is 0. The molecule has 0 amide bonds. The predicted octanol–water partition coefficient (Wildman–Crippen LogP) is 1.99. The van der Waals surface area contributed by atoms with Gasteiger partial charge in [0.1, 0.15) is 0 Å². The van der Waals surface area contributed by atoms with Crippen LogP contribution in [0.2, 0.25) is 0 Å². The van der Waals surface area contributed by atoms with Gasteiger partial charge in [0.25, 0.3) is 0 Å². The summed E-state index contributed by atoms with van der Waals surface area (Å²) in [5.41, 5.74) is 2.11. The standard InChI is InChI=1S/C10H9NO2/c1-6-3-2-4-8-9(6)7(5-12)10(13)11-8/h2-5,11,13H,1H3. The molecule has 2 aromatic rings. The number of hydrogen-bond acceptors (Lipinski definition) is 2. The number of carbonyl (C=O) groups is 1. The van der Waals surface area contributed by atoms with Crippen LogP contribution in [-0.4, -0.2) is 16.4 Å². The van der Waals surface area contributed by atoms with Gasteiger partial charge in [-0.15, -0.1) is 0 Å². The van der Waals surface area contributed by atoms with E-state index in [-0.39, 0.29) is 5.88 Å². The Kier molecular flexibility index (Phi) is 1.59. The molecule has 13 heavy (non-hydrogen) atoms. The Hall–Kier alpha value is -1.77. The van der Waals surface area contributed by atoms with Gasteiger partial charge in [0.2, 0.25) is 0 Å². The molecule has 3 heteroatoms. The summed E-state index contributed by atoms with van der Waals surface area (Å²) in [6, 6.07) is 5.61. The topological polar surface area (TPSA) is 53.1 Å². The minimum atomic E-state index is -0.0562. The number of fused-ring (bicyclic) bond motifs is 1. The lowest BCUT2D eigenvalue weighted by Crippen LogP contribution is -1.79. The van der Waals surface area contributed by atoms with Crippen LogP contribution in [-0.2, 0) is 0 Å². The van der Waals surface area contributed by atoms with Gasteiger partial charge in [-0.25, -0.2) is 0 Å². The van der Waals surface area contributed by atoms with Gasteiger partial charge in [-0.1, -0.05) is 12.1 Å². The molecule has 0 atom stereocenters. The van der Waals surface area contributed by atoms with E-state index >= 15 is 0 Å². The summed E-state index contributed by atoms with van der Waals surface area (Å²) >= 11 is 0. The molecule has 66 valence electrons. The van der Waals surface area contributed by atoms with Crippen LogP contribution in [0.4, 0.5) is 0 Å². The molecule has 3 nitrogen and oxygen atoms in total. The fourth-order valence-corrected chi connectivity index (χ4v) is 1.56. The van der Waals surface area contributed by atoms with Gasteiger partial charge in [0.05, 0.1) is 5.56 Å². The minimum Gasteiger partial charge on any atom is -0.494 e. The van der Waals surface area contributed by atoms with E-state index in [2.05, 4.69) is 4.98 Å². The van der Waals surface area contributed by atoms with Crippen molar-refractivity contribution in [3.05, 3.63) is 29.3 Å². The number of hydrogen-bond donors (Lipinski definition) is 2. The number of aromatic amines is 1. The smallest absolute Gasteiger partial charge is 0.200 e. The van der Waals surface area contributed by atoms with Crippen molar-refractivity contribution < 1.29 is 9.90 Å². The van der Waals surface area contributed by atoms with E-state index in [0.29, 0.717) is 11.8 Å². The average molecular weight is 175 g/mol. The van der Waals surface area contributed by atoms with E-state index in [1.165, 1.54) is 0 Å². The number of benzene rings is 1. The normalized spacial score (nSPS) is 10.5. The van der Waals surface area contributed by atoms with Crippen LogP contribution in [0.1, 0.15) is 15.9 Å². The molecule has 2 N–H and O–H groups in total. The van der Waals surface area contributed by atoms with Gasteiger partial charge in [-0.3, -0.25) is 4.79 Å². The van der Waals surface area contributed by atoms with Crippen molar-refractivity contribution >= 4 is 17.2 Å². The van der Waals surface area contributed by atoms with Crippen LogP contribution in [0, 0.1) is 6.92 Å². The zero-order chi connectivity index (χ0) is 9.42. The lowest BCUT2D eigenvalue weighted by Gasteiger charge is -1.94. The van der Waals surface area contributed by atoms with Crippen LogP contribution in [0.5, 0.6) is 5.88 Å². The first kappa shape index (κ1) is 7.86. The third-order valence-electron chi connectivity index (χ3n) is 2.17. The number of aromatic nitrogens is 1. The molecule has 0 aliphatic carbocycles. The van der Waals surface area contributed by atoms with E-state index in [0.717, 1.165) is 16.5 Å². The Balaban J connectivity index is 2.96. The minimum absolute atomic E-state index is 0.0562. The molecule has 1 heterocycles. The molecule has 2 rings (SSSR count). The summed E-state index contributed by atoms with van der Waals surface area (Å²) in [7, 11) is 0. The van der Waals surface area contributed by atoms with Crippen molar-refractivity contribution in [1.29, 1.82) is 0 Å². The summed E-state index contributed by atoms with van der Waals surface area (Å²) in [6.45, 7) is 1.91. The molecule has 0 aliphatic rings. The van der Waals surface area contributed by atoms with E-state index in [1.807, 2.05) is 25.1 Å². The van der Waals surface area contributed by atoms with Crippen molar-refractivity contribution in [3.63, 3.8) is 0 Å². The van der Waals surface area contributed by atoms with Crippen molar-refractivity contribution in [2.75, 3.05) is 0 Å². The van der Waals surface area contributed by atoms with Crippen LogP contribution in [0.15, 0.2) is 18.2 Å². The predicted molar refractivity (Wildman–Crippen MR) is 50.1 cm³/mol. The summed E-state index contributed by atoms with van der Waals surface area (Å²) in [6.07, 6.45) is 0.668. The Bertz CT molecular complexity index is 471. The molecular formula is C10H9NO2. The van der Waals surface area contributed by atoms with Gasteiger partial charge in [-0.05, 0) is 18.6 Å².